The summed E-state index contributed by atoms with van der Waals surface area (Å²) >= 11 is 1.82. The van der Waals surface area contributed by atoms with Crippen molar-refractivity contribution in [2.24, 2.45) is 0 Å². The van der Waals surface area contributed by atoms with Crippen molar-refractivity contribution in [3.63, 3.8) is 0 Å². The van der Waals surface area contributed by atoms with Crippen LogP contribution >= 0.6 is 11.3 Å². The summed E-state index contributed by atoms with van der Waals surface area (Å²) in [6.07, 6.45) is 3.32. The Labute approximate surface area is 158 Å². The Morgan fingerprint density at radius 1 is 1.08 bits per heavy atom. The van der Waals surface area contributed by atoms with Gasteiger partial charge in [-0.05, 0) is 48.2 Å². The van der Waals surface area contributed by atoms with Crippen molar-refractivity contribution in [1.82, 2.24) is 9.47 Å². The average Bonchev–Trinajstić information content (AvgIpc) is 3.31. The second-order valence-corrected chi connectivity index (χ2v) is 7.57. The maximum atomic E-state index is 5.73. The molecule has 3 aromatic rings. The first-order chi connectivity index (χ1) is 12.8. The van der Waals surface area contributed by atoms with Gasteiger partial charge < -0.3 is 14.0 Å². The lowest BCUT2D eigenvalue weighted by Crippen LogP contribution is -2.29. The van der Waals surface area contributed by atoms with E-state index in [2.05, 4.69) is 51.4 Å². The van der Waals surface area contributed by atoms with Gasteiger partial charge in [-0.25, -0.2) is 0 Å². The number of ether oxygens (including phenoxy) is 2. The number of fused-ring (bicyclic) bond motifs is 1. The highest BCUT2D eigenvalue weighted by Gasteiger charge is 2.30. The highest BCUT2D eigenvalue weighted by Crippen LogP contribution is 2.39. The minimum atomic E-state index is 0.139. The largest absolute Gasteiger partial charge is 0.497 e. The standard InChI is InChI=1S/C21H24N2O2S/c1-24-16-8-9-20(25-2)18(14-16)21-19-7-3-10-22(19)11-5-12-23(21)15-17-6-4-13-26-17/h3-4,6-10,13-14,21H,5,11-12,15H2,1-2H3. The third kappa shape index (κ3) is 3.24. The van der Waals surface area contributed by atoms with Crippen LogP contribution in [0.2, 0.25) is 0 Å². The zero-order valence-corrected chi connectivity index (χ0v) is 16.0. The van der Waals surface area contributed by atoms with Crippen LogP contribution in [0.5, 0.6) is 11.5 Å². The van der Waals surface area contributed by atoms with Gasteiger partial charge in [-0.1, -0.05) is 6.07 Å². The Balaban J connectivity index is 1.82. The molecular formula is C21H24N2O2S. The summed E-state index contributed by atoms with van der Waals surface area (Å²) in [7, 11) is 3.45. The van der Waals surface area contributed by atoms with Crippen LogP contribution in [0, 0.1) is 0 Å². The van der Waals surface area contributed by atoms with E-state index in [4.69, 9.17) is 9.47 Å². The van der Waals surface area contributed by atoms with E-state index in [0.29, 0.717) is 0 Å². The summed E-state index contributed by atoms with van der Waals surface area (Å²) in [5.74, 6) is 1.76. The summed E-state index contributed by atoms with van der Waals surface area (Å²) in [5, 5.41) is 2.15. The molecule has 1 aromatic carbocycles. The number of aromatic nitrogens is 1. The van der Waals surface area contributed by atoms with Crippen molar-refractivity contribution in [3.05, 3.63) is 70.2 Å². The molecule has 0 N–H and O–H groups in total. The monoisotopic (exact) mass is 368 g/mol. The van der Waals surface area contributed by atoms with E-state index in [1.807, 2.05) is 23.5 Å². The van der Waals surface area contributed by atoms with E-state index in [-0.39, 0.29) is 6.04 Å². The van der Waals surface area contributed by atoms with Crippen molar-refractivity contribution < 1.29 is 9.47 Å². The molecule has 4 nitrogen and oxygen atoms in total. The molecule has 2 aromatic heterocycles. The van der Waals surface area contributed by atoms with Crippen LogP contribution in [0.1, 0.15) is 28.6 Å². The fraction of sp³-hybridized carbons (Fsp3) is 0.333. The number of methoxy groups -OCH3 is 2. The number of rotatable bonds is 5. The Morgan fingerprint density at radius 2 is 2.00 bits per heavy atom. The second kappa shape index (κ2) is 7.56. The Hall–Kier alpha value is -2.24. The highest BCUT2D eigenvalue weighted by molar-refractivity contribution is 7.09. The van der Waals surface area contributed by atoms with Crippen molar-refractivity contribution in [2.75, 3.05) is 20.8 Å². The van der Waals surface area contributed by atoms with Crippen LogP contribution in [0.4, 0.5) is 0 Å². The molecule has 0 radical (unpaired) electrons. The fourth-order valence-electron chi connectivity index (χ4n) is 3.82. The molecular weight excluding hydrogens is 344 g/mol. The van der Waals surface area contributed by atoms with Gasteiger partial charge in [0.15, 0.2) is 0 Å². The smallest absolute Gasteiger partial charge is 0.124 e. The summed E-state index contributed by atoms with van der Waals surface area (Å²) in [5.41, 5.74) is 2.47. The Kier molecular flexibility index (Phi) is 5.00. The summed E-state index contributed by atoms with van der Waals surface area (Å²) in [6, 6.07) is 14.9. The van der Waals surface area contributed by atoms with E-state index >= 15 is 0 Å². The average molecular weight is 369 g/mol. The number of thiophene rings is 1. The van der Waals surface area contributed by atoms with Gasteiger partial charge >= 0.3 is 0 Å². The molecule has 0 bridgehead atoms. The summed E-state index contributed by atoms with van der Waals surface area (Å²) in [6.45, 7) is 3.03. The first kappa shape index (κ1) is 17.2. The fourth-order valence-corrected chi connectivity index (χ4v) is 4.55. The second-order valence-electron chi connectivity index (χ2n) is 6.54. The maximum Gasteiger partial charge on any atom is 0.124 e. The maximum absolute atomic E-state index is 5.73. The molecule has 4 rings (SSSR count). The molecule has 136 valence electrons. The Morgan fingerprint density at radius 3 is 2.77 bits per heavy atom. The number of aryl methyl sites for hydroxylation is 1. The van der Waals surface area contributed by atoms with Gasteiger partial charge in [0.05, 0.1) is 20.3 Å². The molecule has 0 fully saturated rings. The number of benzene rings is 1. The van der Waals surface area contributed by atoms with Crippen molar-refractivity contribution in [1.29, 1.82) is 0 Å². The third-order valence-corrected chi connectivity index (χ3v) is 5.89. The van der Waals surface area contributed by atoms with Gasteiger partial charge in [-0.2, -0.15) is 0 Å². The van der Waals surface area contributed by atoms with Gasteiger partial charge in [0.2, 0.25) is 0 Å². The van der Waals surface area contributed by atoms with E-state index in [9.17, 15) is 0 Å². The molecule has 3 heterocycles. The lowest BCUT2D eigenvalue weighted by molar-refractivity contribution is 0.218. The molecule has 0 aliphatic carbocycles. The van der Waals surface area contributed by atoms with E-state index < -0.39 is 0 Å². The third-order valence-electron chi connectivity index (χ3n) is 5.02. The first-order valence-electron chi connectivity index (χ1n) is 8.93. The number of hydrogen-bond acceptors (Lipinski definition) is 4. The van der Waals surface area contributed by atoms with Crippen LogP contribution in [-0.4, -0.2) is 30.2 Å². The van der Waals surface area contributed by atoms with E-state index in [0.717, 1.165) is 43.1 Å². The number of nitrogens with zero attached hydrogens (tertiary/aromatic N) is 2. The normalized spacial score (nSPS) is 17.5. The van der Waals surface area contributed by atoms with Crippen LogP contribution < -0.4 is 9.47 Å². The molecule has 0 amide bonds. The van der Waals surface area contributed by atoms with Crippen LogP contribution in [-0.2, 0) is 13.1 Å². The molecule has 5 heteroatoms. The van der Waals surface area contributed by atoms with Gasteiger partial charge in [0, 0.05) is 42.0 Å². The topological polar surface area (TPSA) is 26.6 Å². The minimum absolute atomic E-state index is 0.139. The van der Waals surface area contributed by atoms with Crippen molar-refractivity contribution in [3.8, 4) is 11.5 Å². The summed E-state index contributed by atoms with van der Waals surface area (Å²) < 4.78 is 13.6. The molecule has 0 saturated carbocycles. The molecule has 0 saturated heterocycles. The van der Waals surface area contributed by atoms with Crippen molar-refractivity contribution >= 4 is 11.3 Å². The molecule has 1 atom stereocenters. The van der Waals surface area contributed by atoms with E-state index in [1.54, 1.807) is 14.2 Å². The molecule has 0 spiro atoms. The predicted molar refractivity (Wildman–Crippen MR) is 105 cm³/mol. The zero-order chi connectivity index (χ0) is 17.9. The molecule has 1 aliphatic heterocycles. The quantitative estimate of drug-likeness (QED) is 0.660. The molecule has 1 unspecified atom stereocenters. The lowest BCUT2D eigenvalue weighted by Gasteiger charge is -2.31. The molecule has 1 aliphatic rings. The first-order valence-corrected chi connectivity index (χ1v) is 9.81. The zero-order valence-electron chi connectivity index (χ0n) is 15.2. The van der Waals surface area contributed by atoms with Gasteiger partial charge in [-0.15, -0.1) is 11.3 Å². The molecule has 26 heavy (non-hydrogen) atoms. The lowest BCUT2D eigenvalue weighted by atomic mass is 10.00. The van der Waals surface area contributed by atoms with Crippen LogP contribution in [0.25, 0.3) is 0 Å². The van der Waals surface area contributed by atoms with Gasteiger partial charge in [-0.3, -0.25) is 4.90 Å². The van der Waals surface area contributed by atoms with Crippen LogP contribution in [0.3, 0.4) is 0 Å². The van der Waals surface area contributed by atoms with Crippen LogP contribution in [0.15, 0.2) is 54.0 Å². The summed E-state index contributed by atoms with van der Waals surface area (Å²) in [4.78, 5) is 3.94. The highest BCUT2D eigenvalue weighted by atomic mass is 32.1. The van der Waals surface area contributed by atoms with Crippen molar-refractivity contribution in [2.45, 2.75) is 25.6 Å². The SMILES string of the molecule is COc1ccc(OC)c(C2c3cccn3CCCN2Cc2cccs2)c1. The Bertz CT molecular complexity index is 857. The van der Waals surface area contributed by atoms with Gasteiger partial charge in [0.1, 0.15) is 11.5 Å². The minimum Gasteiger partial charge on any atom is -0.497 e. The van der Waals surface area contributed by atoms with Gasteiger partial charge in [0.25, 0.3) is 0 Å². The van der Waals surface area contributed by atoms with E-state index in [1.165, 1.54) is 10.6 Å². The number of hydrogen-bond donors (Lipinski definition) is 0. The predicted octanol–water partition coefficient (Wildman–Crippen LogP) is 4.56.